The fraction of sp³-hybridized carbons (Fsp3) is 0.417. The van der Waals surface area contributed by atoms with Crippen LogP contribution in [0.2, 0.25) is 5.02 Å². The molecule has 0 aromatic heterocycles. The maximum atomic E-state index is 10.00. The first-order chi connectivity index (χ1) is 8.43. The molecule has 1 aromatic rings. The number of nitrogens with two attached hydrogens (primary N) is 1. The third-order valence-electron chi connectivity index (χ3n) is 3.14. The molecular formula is C12H16ClN3O2. The van der Waals surface area contributed by atoms with E-state index in [1.54, 1.807) is 25.1 Å². The van der Waals surface area contributed by atoms with Crippen molar-refractivity contribution < 1.29 is 10.3 Å². The van der Waals surface area contributed by atoms with E-state index in [1.807, 2.05) is 4.90 Å². The van der Waals surface area contributed by atoms with E-state index in [9.17, 15) is 5.11 Å². The highest BCUT2D eigenvalue weighted by molar-refractivity contribution is 6.31. The summed E-state index contributed by atoms with van der Waals surface area (Å²) in [5, 5.41) is 22.4. The molecule has 1 saturated heterocycles. The molecule has 1 atom stereocenters. The fourth-order valence-electron chi connectivity index (χ4n) is 2.19. The lowest BCUT2D eigenvalue weighted by Gasteiger charge is -2.23. The number of nitrogens with zero attached hydrogens (tertiary/aromatic N) is 2. The van der Waals surface area contributed by atoms with Crippen molar-refractivity contribution in [2.45, 2.75) is 18.9 Å². The predicted octanol–water partition coefficient (Wildman–Crippen LogP) is 1.40. The normalized spacial score (nSPS) is 24.6. The van der Waals surface area contributed by atoms with Crippen LogP contribution in [-0.4, -0.2) is 34.8 Å². The zero-order chi connectivity index (χ0) is 13.3. The van der Waals surface area contributed by atoms with Crippen LogP contribution in [0, 0.1) is 0 Å². The molecule has 4 N–H and O–H groups in total. The Morgan fingerprint density at radius 1 is 1.56 bits per heavy atom. The largest absolute Gasteiger partial charge is 0.409 e. The zero-order valence-electron chi connectivity index (χ0n) is 10.1. The molecule has 0 bridgehead atoms. The summed E-state index contributed by atoms with van der Waals surface area (Å²) in [5.74, 6) is 0.0354. The average molecular weight is 270 g/mol. The van der Waals surface area contributed by atoms with Gasteiger partial charge in [0, 0.05) is 29.4 Å². The van der Waals surface area contributed by atoms with Crippen molar-refractivity contribution >= 4 is 23.1 Å². The zero-order valence-corrected chi connectivity index (χ0v) is 10.9. The minimum atomic E-state index is -0.718. The number of hydrogen-bond acceptors (Lipinski definition) is 4. The molecule has 0 spiro atoms. The van der Waals surface area contributed by atoms with Crippen LogP contribution in [0.25, 0.3) is 0 Å². The molecule has 1 heterocycles. The van der Waals surface area contributed by atoms with Gasteiger partial charge in [-0.25, -0.2) is 0 Å². The Labute approximate surface area is 110 Å². The van der Waals surface area contributed by atoms with Gasteiger partial charge in [0.2, 0.25) is 0 Å². The molecule has 0 amide bonds. The third kappa shape index (κ3) is 2.52. The maximum Gasteiger partial charge on any atom is 0.172 e. The second-order valence-electron chi connectivity index (χ2n) is 4.82. The maximum absolute atomic E-state index is 10.00. The molecule has 1 aliphatic rings. The number of amidine groups is 1. The highest BCUT2D eigenvalue weighted by atomic mass is 35.5. The number of β-amino-alcohol motifs (C(OH)–C–C–N with tert-alkyl or cyclic N) is 1. The van der Waals surface area contributed by atoms with Crippen LogP contribution in [-0.2, 0) is 0 Å². The SMILES string of the molecule is CC1(O)CCN(c2cc(Cl)ccc2/C(N)=N/O)C1. The summed E-state index contributed by atoms with van der Waals surface area (Å²) < 4.78 is 0. The fourth-order valence-corrected chi connectivity index (χ4v) is 2.35. The Kier molecular flexibility index (Phi) is 3.36. The van der Waals surface area contributed by atoms with Crippen molar-refractivity contribution in [1.82, 2.24) is 0 Å². The van der Waals surface area contributed by atoms with Crippen LogP contribution >= 0.6 is 11.6 Å². The molecule has 0 saturated carbocycles. The summed E-state index contributed by atoms with van der Waals surface area (Å²) in [6.45, 7) is 3.00. The molecule has 6 heteroatoms. The van der Waals surface area contributed by atoms with Gasteiger partial charge in [0.05, 0.1) is 5.60 Å². The lowest BCUT2D eigenvalue weighted by molar-refractivity contribution is 0.0839. The molecule has 0 aliphatic carbocycles. The van der Waals surface area contributed by atoms with Gasteiger partial charge in [-0.3, -0.25) is 0 Å². The van der Waals surface area contributed by atoms with Crippen molar-refractivity contribution in [3.63, 3.8) is 0 Å². The van der Waals surface area contributed by atoms with Crippen molar-refractivity contribution in [3.05, 3.63) is 28.8 Å². The Morgan fingerprint density at radius 3 is 2.83 bits per heavy atom. The molecule has 1 fully saturated rings. The van der Waals surface area contributed by atoms with E-state index >= 15 is 0 Å². The molecule has 1 aromatic carbocycles. The molecule has 98 valence electrons. The quantitative estimate of drug-likeness (QED) is 0.328. The van der Waals surface area contributed by atoms with Gasteiger partial charge in [0.1, 0.15) is 0 Å². The topological polar surface area (TPSA) is 82.1 Å². The van der Waals surface area contributed by atoms with E-state index in [0.29, 0.717) is 30.1 Å². The molecular weight excluding hydrogens is 254 g/mol. The summed E-state index contributed by atoms with van der Waals surface area (Å²) in [4.78, 5) is 1.99. The number of halogens is 1. The van der Waals surface area contributed by atoms with Gasteiger partial charge < -0.3 is 20.9 Å². The van der Waals surface area contributed by atoms with Gasteiger partial charge in [-0.1, -0.05) is 16.8 Å². The minimum absolute atomic E-state index is 0.0354. The monoisotopic (exact) mass is 269 g/mol. The molecule has 0 radical (unpaired) electrons. The first-order valence-electron chi connectivity index (χ1n) is 5.68. The van der Waals surface area contributed by atoms with E-state index in [0.717, 1.165) is 5.69 Å². The second kappa shape index (κ2) is 4.66. The minimum Gasteiger partial charge on any atom is -0.409 e. The Morgan fingerprint density at radius 2 is 2.28 bits per heavy atom. The highest BCUT2D eigenvalue weighted by Crippen LogP contribution is 2.31. The van der Waals surface area contributed by atoms with Crippen LogP contribution in [0.4, 0.5) is 5.69 Å². The third-order valence-corrected chi connectivity index (χ3v) is 3.37. The Bertz CT molecular complexity index is 488. The number of benzene rings is 1. The second-order valence-corrected chi connectivity index (χ2v) is 5.25. The Balaban J connectivity index is 2.40. The smallest absolute Gasteiger partial charge is 0.172 e. The van der Waals surface area contributed by atoms with Crippen molar-refractivity contribution in [1.29, 1.82) is 0 Å². The summed E-state index contributed by atoms with van der Waals surface area (Å²) in [6.07, 6.45) is 0.676. The van der Waals surface area contributed by atoms with Crippen molar-refractivity contribution in [2.24, 2.45) is 10.9 Å². The molecule has 5 nitrogen and oxygen atoms in total. The van der Waals surface area contributed by atoms with E-state index < -0.39 is 5.60 Å². The number of oxime groups is 1. The summed E-state index contributed by atoms with van der Waals surface area (Å²) >= 11 is 5.98. The van der Waals surface area contributed by atoms with E-state index in [4.69, 9.17) is 22.5 Å². The standard InChI is InChI=1S/C12H16ClN3O2/c1-12(17)4-5-16(7-12)10-6-8(13)2-3-9(10)11(14)15-18/h2-3,6,17-18H,4-5,7H2,1H3,(H2,14,15). The number of aliphatic hydroxyl groups is 1. The van der Waals surface area contributed by atoms with Crippen LogP contribution in [0.15, 0.2) is 23.4 Å². The highest BCUT2D eigenvalue weighted by Gasteiger charge is 2.32. The van der Waals surface area contributed by atoms with Gasteiger partial charge in [-0.2, -0.15) is 0 Å². The summed E-state index contributed by atoms with van der Waals surface area (Å²) in [6, 6.07) is 5.16. The van der Waals surface area contributed by atoms with E-state index in [-0.39, 0.29) is 5.84 Å². The molecule has 18 heavy (non-hydrogen) atoms. The predicted molar refractivity (Wildman–Crippen MR) is 71.4 cm³/mol. The summed E-state index contributed by atoms with van der Waals surface area (Å²) in [7, 11) is 0. The van der Waals surface area contributed by atoms with Gasteiger partial charge in [0.15, 0.2) is 5.84 Å². The van der Waals surface area contributed by atoms with Gasteiger partial charge in [-0.15, -0.1) is 0 Å². The Hall–Kier alpha value is -1.46. The lowest BCUT2D eigenvalue weighted by atomic mass is 10.1. The number of rotatable bonds is 2. The molecule has 2 rings (SSSR count). The van der Waals surface area contributed by atoms with Gasteiger partial charge >= 0.3 is 0 Å². The van der Waals surface area contributed by atoms with Crippen LogP contribution in [0.1, 0.15) is 18.9 Å². The van der Waals surface area contributed by atoms with Crippen LogP contribution in [0.5, 0.6) is 0 Å². The van der Waals surface area contributed by atoms with Crippen molar-refractivity contribution in [3.8, 4) is 0 Å². The van der Waals surface area contributed by atoms with Crippen LogP contribution < -0.4 is 10.6 Å². The number of anilines is 1. The first kappa shape index (κ1) is 13.0. The van der Waals surface area contributed by atoms with E-state index in [1.165, 1.54) is 0 Å². The van der Waals surface area contributed by atoms with Gasteiger partial charge in [-0.05, 0) is 31.5 Å². The average Bonchev–Trinajstić information content (AvgIpc) is 2.68. The summed E-state index contributed by atoms with van der Waals surface area (Å²) in [5.41, 5.74) is 6.31. The number of hydrogen-bond donors (Lipinski definition) is 3. The van der Waals surface area contributed by atoms with Gasteiger partial charge in [0.25, 0.3) is 0 Å². The van der Waals surface area contributed by atoms with E-state index in [2.05, 4.69) is 5.16 Å². The lowest BCUT2D eigenvalue weighted by Crippen LogP contribution is -2.31. The van der Waals surface area contributed by atoms with Crippen LogP contribution in [0.3, 0.4) is 0 Å². The van der Waals surface area contributed by atoms with Crippen molar-refractivity contribution in [2.75, 3.05) is 18.0 Å². The first-order valence-corrected chi connectivity index (χ1v) is 6.05. The molecule has 1 unspecified atom stereocenters. The molecule has 1 aliphatic heterocycles.